The molecule has 1 aliphatic heterocycles. The molecule has 1 unspecified atom stereocenters. The third-order valence-electron chi connectivity index (χ3n) is 3.90. The minimum atomic E-state index is 0.214. The first-order chi connectivity index (χ1) is 9.26. The molecule has 4 heteroatoms. The molecule has 0 radical (unpaired) electrons. The van der Waals surface area contributed by atoms with Crippen LogP contribution in [0.4, 0.5) is 0 Å². The summed E-state index contributed by atoms with van der Waals surface area (Å²) in [5, 5.41) is 0. The smallest absolute Gasteiger partial charge is 0.138 e. The van der Waals surface area contributed by atoms with E-state index in [0.29, 0.717) is 12.2 Å². The van der Waals surface area contributed by atoms with Crippen LogP contribution < -0.4 is 0 Å². The fourth-order valence-corrected chi connectivity index (χ4v) is 2.77. The molecular weight excluding hydrogens is 238 g/mol. The number of rotatable bonds is 3. The van der Waals surface area contributed by atoms with Crippen molar-refractivity contribution < 1.29 is 4.79 Å². The Hall–Kier alpha value is -1.68. The molecule has 1 atom stereocenters. The van der Waals surface area contributed by atoms with E-state index in [2.05, 4.69) is 23.0 Å². The van der Waals surface area contributed by atoms with Gasteiger partial charge in [-0.2, -0.15) is 0 Å². The van der Waals surface area contributed by atoms with Gasteiger partial charge in [0, 0.05) is 44.4 Å². The molecule has 100 valence electrons. The van der Waals surface area contributed by atoms with Crippen LogP contribution in [0.15, 0.2) is 30.6 Å². The van der Waals surface area contributed by atoms with Crippen molar-refractivity contribution in [3.63, 3.8) is 0 Å². The Morgan fingerprint density at radius 1 is 1.42 bits per heavy atom. The van der Waals surface area contributed by atoms with E-state index in [4.69, 9.17) is 0 Å². The van der Waals surface area contributed by atoms with Crippen LogP contribution in [0, 0.1) is 5.92 Å². The average molecular weight is 257 g/mol. The Bertz CT molecular complexity index is 557. The lowest BCUT2D eigenvalue weighted by molar-refractivity contribution is -0.126. The van der Waals surface area contributed by atoms with Gasteiger partial charge in [0.1, 0.15) is 11.4 Å². The highest BCUT2D eigenvalue weighted by molar-refractivity contribution is 5.82. The quantitative estimate of drug-likeness (QED) is 0.845. The van der Waals surface area contributed by atoms with Crippen molar-refractivity contribution in [2.24, 2.45) is 5.92 Å². The summed E-state index contributed by atoms with van der Waals surface area (Å²) < 4.78 is 2.04. The van der Waals surface area contributed by atoms with E-state index in [9.17, 15) is 4.79 Å². The second-order valence-electron chi connectivity index (χ2n) is 5.25. The third-order valence-corrected chi connectivity index (χ3v) is 3.90. The summed E-state index contributed by atoms with van der Waals surface area (Å²) in [6, 6.07) is 6.02. The Labute approximate surface area is 113 Å². The number of Topliss-reactive ketones (excluding diaryl/α,β-unsaturated/α-hetero) is 1. The van der Waals surface area contributed by atoms with Crippen LogP contribution in [-0.4, -0.2) is 33.2 Å². The summed E-state index contributed by atoms with van der Waals surface area (Å²) in [4.78, 5) is 18.7. The van der Waals surface area contributed by atoms with Gasteiger partial charge >= 0.3 is 0 Å². The fourth-order valence-electron chi connectivity index (χ4n) is 2.77. The largest absolute Gasteiger partial charge is 0.307 e. The highest BCUT2D eigenvalue weighted by Crippen LogP contribution is 2.18. The predicted molar refractivity (Wildman–Crippen MR) is 73.9 cm³/mol. The SMILES string of the molecule is CCC1CN(Cc2cn3ccccc3n2)CCC1=O. The number of aromatic nitrogens is 2. The highest BCUT2D eigenvalue weighted by atomic mass is 16.1. The molecule has 1 saturated heterocycles. The number of carbonyl (C=O) groups is 1. The zero-order valence-electron chi connectivity index (χ0n) is 11.2. The molecule has 19 heavy (non-hydrogen) atoms. The topological polar surface area (TPSA) is 37.6 Å². The number of pyridine rings is 1. The molecule has 0 aliphatic carbocycles. The maximum Gasteiger partial charge on any atom is 0.138 e. The van der Waals surface area contributed by atoms with Crippen LogP contribution in [0.3, 0.4) is 0 Å². The van der Waals surface area contributed by atoms with Crippen molar-refractivity contribution in [3.05, 3.63) is 36.3 Å². The lowest BCUT2D eigenvalue weighted by Gasteiger charge is -2.30. The number of nitrogens with zero attached hydrogens (tertiary/aromatic N) is 3. The zero-order valence-corrected chi connectivity index (χ0v) is 11.2. The second-order valence-corrected chi connectivity index (χ2v) is 5.25. The molecule has 0 aromatic carbocycles. The zero-order chi connectivity index (χ0) is 13.2. The molecule has 0 saturated carbocycles. The monoisotopic (exact) mass is 257 g/mol. The summed E-state index contributed by atoms with van der Waals surface area (Å²) in [5.41, 5.74) is 2.06. The lowest BCUT2D eigenvalue weighted by Crippen LogP contribution is -2.40. The van der Waals surface area contributed by atoms with Crippen LogP contribution >= 0.6 is 0 Å². The van der Waals surface area contributed by atoms with Gasteiger partial charge in [-0.3, -0.25) is 9.69 Å². The molecule has 0 amide bonds. The normalized spacial score (nSPS) is 21.1. The standard InChI is InChI=1S/C15H19N3O/c1-2-12-9-17(8-6-14(12)19)10-13-11-18-7-4-3-5-15(18)16-13/h3-5,7,11-12H,2,6,8-10H2,1H3. The Kier molecular flexibility index (Phi) is 3.34. The molecule has 2 aromatic rings. The number of likely N-dealkylation sites (tertiary alicyclic amines) is 1. The van der Waals surface area contributed by atoms with Crippen molar-refractivity contribution in [1.29, 1.82) is 0 Å². The van der Waals surface area contributed by atoms with Crippen molar-refractivity contribution in [2.75, 3.05) is 13.1 Å². The van der Waals surface area contributed by atoms with E-state index < -0.39 is 0 Å². The number of hydrogen-bond donors (Lipinski definition) is 0. The van der Waals surface area contributed by atoms with Gasteiger partial charge in [-0.1, -0.05) is 13.0 Å². The number of hydrogen-bond acceptors (Lipinski definition) is 3. The predicted octanol–water partition coefficient (Wildman–Crippen LogP) is 2.14. The molecule has 2 aromatic heterocycles. The van der Waals surface area contributed by atoms with Gasteiger partial charge < -0.3 is 4.40 Å². The van der Waals surface area contributed by atoms with E-state index in [0.717, 1.165) is 37.4 Å². The molecule has 1 aliphatic rings. The summed E-state index contributed by atoms with van der Waals surface area (Å²) in [6.45, 7) is 4.68. The first kappa shape index (κ1) is 12.4. The minimum absolute atomic E-state index is 0.214. The van der Waals surface area contributed by atoms with Crippen LogP contribution in [0.5, 0.6) is 0 Å². The first-order valence-electron chi connectivity index (χ1n) is 6.94. The molecule has 1 fully saturated rings. The van der Waals surface area contributed by atoms with E-state index >= 15 is 0 Å². The minimum Gasteiger partial charge on any atom is -0.307 e. The molecule has 3 heterocycles. The van der Waals surface area contributed by atoms with Gasteiger partial charge in [0.2, 0.25) is 0 Å². The van der Waals surface area contributed by atoms with Crippen LogP contribution in [0.2, 0.25) is 0 Å². The van der Waals surface area contributed by atoms with Gasteiger partial charge in [-0.15, -0.1) is 0 Å². The molecule has 0 spiro atoms. The molecule has 4 nitrogen and oxygen atoms in total. The number of fused-ring (bicyclic) bond motifs is 1. The van der Waals surface area contributed by atoms with Crippen LogP contribution in [0.25, 0.3) is 5.65 Å². The van der Waals surface area contributed by atoms with Gasteiger partial charge in [-0.05, 0) is 18.6 Å². The van der Waals surface area contributed by atoms with E-state index in [1.165, 1.54) is 0 Å². The van der Waals surface area contributed by atoms with Crippen LogP contribution in [-0.2, 0) is 11.3 Å². The summed E-state index contributed by atoms with van der Waals surface area (Å²) in [6.07, 6.45) is 5.72. The Morgan fingerprint density at radius 3 is 3.11 bits per heavy atom. The molecule has 0 bridgehead atoms. The summed E-state index contributed by atoms with van der Waals surface area (Å²) in [7, 11) is 0. The van der Waals surface area contributed by atoms with Gasteiger partial charge in [0.05, 0.1) is 5.69 Å². The number of ketones is 1. The number of piperidine rings is 1. The van der Waals surface area contributed by atoms with Gasteiger partial charge in [0.15, 0.2) is 0 Å². The summed E-state index contributed by atoms with van der Waals surface area (Å²) >= 11 is 0. The Morgan fingerprint density at radius 2 is 2.32 bits per heavy atom. The number of imidazole rings is 1. The van der Waals surface area contributed by atoms with Crippen molar-refractivity contribution in [2.45, 2.75) is 26.3 Å². The van der Waals surface area contributed by atoms with E-state index in [1.807, 2.05) is 28.8 Å². The maximum atomic E-state index is 11.7. The summed E-state index contributed by atoms with van der Waals surface area (Å²) in [5.74, 6) is 0.638. The van der Waals surface area contributed by atoms with Crippen molar-refractivity contribution in [1.82, 2.24) is 14.3 Å². The highest BCUT2D eigenvalue weighted by Gasteiger charge is 2.25. The van der Waals surface area contributed by atoms with Crippen molar-refractivity contribution >= 4 is 11.4 Å². The Balaban J connectivity index is 1.72. The number of carbonyl (C=O) groups excluding carboxylic acids is 1. The average Bonchev–Trinajstić information content (AvgIpc) is 2.83. The van der Waals surface area contributed by atoms with Gasteiger partial charge in [0.25, 0.3) is 0 Å². The first-order valence-corrected chi connectivity index (χ1v) is 6.94. The second kappa shape index (κ2) is 5.13. The van der Waals surface area contributed by atoms with Crippen molar-refractivity contribution in [3.8, 4) is 0 Å². The van der Waals surface area contributed by atoms with Gasteiger partial charge in [-0.25, -0.2) is 4.98 Å². The fraction of sp³-hybridized carbons (Fsp3) is 0.467. The van der Waals surface area contributed by atoms with Crippen LogP contribution in [0.1, 0.15) is 25.5 Å². The lowest BCUT2D eigenvalue weighted by atomic mass is 9.94. The molecule has 3 rings (SSSR count). The van der Waals surface area contributed by atoms with E-state index in [1.54, 1.807) is 0 Å². The third kappa shape index (κ3) is 2.54. The molecule has 0 N–H and O–H groups in total. The molecular formula is C15H19N3O. The maximum absolute atomic E-state index is 11.7. The van der Waals surface area contributed by atoms with E-state index in [-0.39, 0.29) is 5.92 Å².